The summed E-state index contributed by atoms with van der Waals surface area (Å²) in [6.07, 6.45) is 5.96. The highest BCUT2D eigenvalue weighted by atomic mass is 16.1. The summed E-state index contributed by atoms with van der Waals surface area (Å²) in [5.41, 5.74) is 1.16. The van der Waals surface area contributed by atoms with E-state index in [4.69, 9.17) is 0 Å². The third-order valence-corrected chi connectivity index (χ3v) is 5.91. The second-order valence-corrected chi connectivity index (χ2v) is 5.79. The Balaban J connectivity index is 1.88. The van der Waals surface area contributed by atoms with Gasteiger partial charge in [-0.15, -0.1) is 0 Å². The molecule has 4 bridgehead atoms. The minimum atomic E-state index is 0.517. The Kier molecular flexibility index (Phi) is 1.24. The molecule has 4 rings (SSSR count). The van der Waals surface area contributed by atoms with Gasteiger partial charge in [0.2, 0.25) is 0 Å². The quantitative estimate of drug-likeness (QED) is 0.607. The number of rotatable bonds is 3. The fraction of sp³-hybridized carbons (Fsp3) is 0.917. The molecule has 0 amide bonds. The molecule has 0 radical (unpaired) electrons. The van der Waals surface area contributed by atoms with E-state index >= 15 is 0 Å². The summed E-state index contributed by atoms with van der Waals surface area (Å²) < 4.78 is 0. The standard InChI is InChI=1S/C12H18O/c1-11(4-3-5-13)8-6-9-10(7-8)12(9,11)2/h5,8-10H,3-4,6-7H2,1-2H3. The number of hydrogen-bond donors (Lipinski definition) is 0. The normalized spacial score (nSPS) is 61.2. The molecule has 0 N–H and O–H groups in total. The molecule has 3 unspecified atom stereocenters. The summed E-state index contributed by atoms with van der Waals surface area (Å²) in [4.78, 5) is 10.4. The Bertz CT molecular complexity index is 258. The molecule has 0 aromatic heterocycles. The molecule has 0 heterocycles. The van der Waals surface area contributed by atoms with Gasteiger partial charge in [0.25, 0.3) is 0 Å². The van der Waals surface area contributed by atoms with Crippen molar-refractivity contribution < 1.29 is 4.79 Å². The van der Waals surface area contributed by atoms with Crippen molar-refractivity contribution in [3.05, 3.63) is 0 Å². The molecule has 13 heavy (non-hydrogen) atoms. The molecule has 1 heteroatoms. The molecule has 0 saturated heterocycles. The minimum absolute atomic E-state index is 0.517. The molecule has 4 aliphatic rings. The maximum Gasteiger partial charge on any atom is 0.120 e. The zero-order chi connectivity index (χ0) is 9.27. The molecule has 1 nitrogen and oxygen atoms in total. The van der Waals surface area contributed by atoms with Gasteiger partial charge in [0.15, 0.2) is 0 Å². The summed E-state index contributed by atoms with van der Waals surface area (Å²) in [6, 6.07) is 0. The fourth-order valence-electron chi connectivity index (χ4n) is 4.86. The summed E-state index contributed by atoms with van der Waals surface area (Å²) >= 11 is 0. The molecule has 0 aliphatic heterocycles. The highest BCUT2D eigenvalue weighted by Gasteiger charge is 2.80. The Labute approximate surface area is 79.9 Å². The van der Waals surface area contributed by atoms with Gasteiger partial charge in [0.1, 0.15) is 6.29 Å². The van der Waals surface area contributed by atoms with Crippen molar-refractivity contribution in [2.75, 3.05) is 0 Å². The first kappa shape index (κ1) is 8.02. The molecule has 3 atom stereocenters. The molecule has 72 valence electrons. The van der Waals surface area contributed by atoms with Gasteiger partial charge in [-0.1, -0.05) is 13.8 Å². The van der Waals surface area contributed by atoms with Crippen molar-refractivity contribution in [1.82, 2.24) is 0 Å². The van der Waals surface area contributed by atoms with E-state index in [0.717, 1.165) is 36.9 Å². The highest BCUT2D eigenvalue weighted by molar-refractivity contribution is 5.49. The third kappa shape index (κ3) is 0.628. The van der Waals surface area contributed by atoms with E-state index < -0.39 is 0 Å². The first-order chi connectivity index (χ1) is 6.14. The highest BCUT2D eigenvalue weighted by Crippen LogP contribution is 2.86. The summed E-state index contributed by atoms with van der Waals surface area (Å²) in [6.45, 7) is 4.91. The monoisotopic (exact) mass is 178 g/mol. The average molecular weight is 178 g/mol. The van der Waals surface area contributed by atoms with Gasteiger partial charge in [0, 0.05) is 6.42 Å². The molecular formula is C12H18O. The lowest BCUT2D eigenvalue weighted by molar-refractivity contribution is -0.108. The van der Waals surface area contributed by atoms with E-state index in [9.17, 15) is 4.79 Å². The number of carbonyl (C=O) groups is 1. The van der Waals surface area contributed by atoms with Crippen LogP contribution in [0.4, 0.5) is 0 Å². The lowest BCUT2D eigenvalue weighted by Crippen LogP contribution is -2.27. The van der Waals surface area contributed by atoms with E-state index in [1.54, 1.807) is 0 Å². The average Bonchev–Trinajstić information content (AvgIpc) is 2.54. The van der Waals surface area contributed by atoms with E-state index in [1.165, 1.54) is 12.8 Å². The molecule has 4 saturated carbocycles. The van der Waals surface area contributed by atoms with Gasteiger partial charge in [-0.05, 0) is 47.8 Å². The maximum absolute atomic E-state index is 10.4. The Hall–Kier alpha value is -0.330. The lowest BCUT2D eigenvalue weighted by atomic mass is 9.71. The van der Waals surface area contributed by atoms with Crippen molar-refractivity contribution in [2.24, 2.45) is 28.6 Å². The number of hydrogen-bond acceptors (Lipinski definition) is 1. The minimum Gasteiger partial charge on any atom is -0.303 e. The predicted molar refractivity (Wildman–Crippen MR) is 51.2 cm³/mol. The second-order valence-electron chi connectivity index (χ2n) is 5.79. The van der Waals surface area contributed by atoms with Crippen molar-refractivity contribution in [3.8, 4) is 0 Å². The SMILES string of the molecule is CC1(CCC=O)C2CC3C(C2)C31C. The van der Waals surface area contributed by atoms with E-state index in [0.29, 0.717) is 10.8 Å². The fourth-order valence-corrected chi connectivity index (χ4v) is 4.86. The van der Waals surface area contributed by atoms with Gasteiger partial charge in [-0.25, -0.2) is 0 Å². The molecule has 0 aromatic rings. The van der Waals surface area contributed by atoms with Crippen LogP contribution in [-0.4, -0.2) is 6.29 Å². The Morgan fingerprint density at radius 1 is 1.31 bits per heavy atom. The summed E-state index contributed by atoms with van der Waals surface area (Å²) in [5.74, 6) is 3.02. The van der Waals surface area contributed by atoms with Crippen LogP contribution < -0.4 is 0 Å². The van der Waals surface area contributed by atoms with Gasteiger partial charge >= 0.3 is 0 Å². The largest absolute Gasteiger partial charge is 0.303 e. The maximum atomic E-state index is 10.4. The second kappa shape index (κ2) is 2.02. The number of aldehydes is 1. The van der Waals surface area contributed by atoms with E-state index in [-0.39, 0.29) is 0 Å². The van der Waals surface area contributed by atoms with Crippen molar-refractivity contribution in [3.63, 3.8) is 0 Å². The molecule has 4 aliphatic carbocycles. The smallest absolute Gasteiger partial charge is 0.120 e. The Morgan fingerprint density at radius 3 is 2.31 bits per heavy atom. The van der Waals surface area contributed by atoms with Gasteiger partial charge < -0.3 is 4.79 Å². The Morgan fingerprint density at radius 2 is 1.92 bits per heavy atom. The first-order valence-electron chi connectivity index (χ1n) is 5.58. The van der Waals surface area contributed by atoms with Crippen molar-refractivity contribution in [2.45, 2.75) is 39.5 Å². The predicted octanol–water partition coefficient (Wildman–Crippen LogP) is 2.65. The number of carbonyl (C=O) groups excluding carboxylic acids is 1. The molecule has 0 spiro atoms. The van der Waals surface area contributed by atoms with Crippen LogP contribution in [0.5, 0.6) is 0 Å². The molecular weight excluding hydrogens is 160 g/mol. The topological polar surface area (TPSA) is 17.1 Å². The van der Waals surface area contributed by atoms with Crippen LogP contribution in [0.15, 0.2) is 0 Å². The van der Waals surface area contributed by atoms with Crippen LogP contribution in [0.2, 0.25) is 0 Å². The van der Waals surface area contributed by atoms with E-state index in [1.807, 2.05) is 0 Å². The third-order valence-electron chi connectivity index (χ3n) is 5.91. The van der Waals surface area contributed by atoms with Crippen LogP contribution >= 0.6 is 0 Å². The first-order valence-corrected chi connectivity index (χ1v) is 5.58. The zero-order valence-corrected chi connectivity index (χ0v) is 8.55. The summed E-state index contributed by atoms with van der Waals surface area (Å²) in [7, 11) is 0. The van der Waals surface area contributed by atoms with E-state index in [2.05, 4.69) is 13.8 Å². The van der Waals surface area contributed by atoms with Gasteiger partial charge in [0.05, 0.1) is 0 Å². The van der Waals surface area contributed by atoms with Crippen LogP contribution in [0, 0.1) is 28.6 Å². The van der Waals surface area contributed by atoms with Crippen LogP contribution in [0.1, 0.15) is 39.5 Å². The van der Waals surface area contributed by atoms with Crippen LogP contribution in [-0.2, 0) is 4.79 Å². The molecule has 4 fully saturated rings. The lowest BCUT2D eigenvalue weighted by Gasteiger charge is -2.33. The van der Waals surface area contributed by atoms with Crippen LogP contribution in [0.3, 0.4) is 0 Å². The van der Waals surface area contributed by atoms with Crippen molar-refractivity contribution >= 4 is 6.29 Å². The molecule has 0 aromatic carbocycles. The summed E-state index contributed by atoms with van der Waals surface area (Å²) in [5, 5.41) is 0. The van der Waals surface area contributed by atoms with Crippen LogP contribution in [0.25, 0.3) is 0 Å². The van der Waals surface area contributed by atoms with Gasteiger partial charge in [-0.3, -0.25) is 0 Å². The van der Waals surface area contributed by atoms with Crippen molar-refractivity contribution in [1.29, 1.82) is 0 Å². The zero-order valence-electron chi connectivity index (χ0n) is 8.55. The van der Waals surface area contributed by atoms with Gasteiger partial charge in [-0.2, -0.15) is 0 Å².